The van der Waals surface area contributed by atoms with Crippen LogP contribution in [0.5, 0.6) is 5.75 Å². The van der Waals surface area contributed by atoms with Gasteiger partial charge in [-0.05, 0) is 100 Å². The van der Waals surface area contributed by atoms with Crippen molar-refractivity contribution in [1.29, 1.82) is 0 Å². The number of aromatic nitrogens is 1. The summed E-state index contributed by atoms with van der Waals surface area (Å²) >= 11 is 0. The number of carbonyl (C=O) groups is 4. The largest absolute Gasteiger partial charge is 0.492 e. The number of benzene rings is 2. The fourth-order valence-corrected chi connectivity index (χ4v) is 12.3. The third-order valence-corrected chi connectivity index (χ3v) is 15.8. The van der Waals surface area contributed by atoms with Gasteiger partial charge >= 0.3 is 11.9 Å². The standard InChI is InChI=1S/C49H55F2N3O10/c1-26-18-36-35-13-10-30-19-32(55)14-15-46(30,3)48(35,51)38(56)21-47(36,4)49(26,61)39(57)25-64-44(59)29-8-6-28(7-9-29)24-63-45(60)34-23-54(31-11-12-31)40-33(42(34)58)20-37(50)41(43(40)62-5)53-17-16-52-27(2)22-53/h6-9,14-15,19-20,23,26-27,31,35-36,38,52,56,61H,10-13,16-18,21-22,24-25H2,1-5H3/t26-,27?,35+,36+,38+,46+,47+,48+,49+/m0/s1. The van der Waals surface area contributed by atoms with Crippen LogP contribution in [0, 0.1) is 34.4 Å². The summed E-state index contributed by atoms with van der Waals surface area (Å²) in [6, 6.07) is 7.20. The Morgan fingerprint density at radius 2 is 1.75 bits per heavy atom. The highest BCUT2D eigenvalue weighted by Gasteiger charge is 2.75. The molecular weight excluding hydrogens is 829 g/mol. The number of ketones is 2. The number of hydrogen-bond donors (Lipinski definition) is 3. The quantitative estimate of drug-likeness (QED) is 0.212. The molecule has 2 aromatic carbocycles. The molecule has 3 aromatic rings. The second-order valence-electron chi connectivity index (χ2n) is 19.4. The van der Waals surface area contributed by atoms with Crippen molar-refractivity contribution >= 4 is 40.1 Å². The lowest BCUT2D eigenvalue weighted by molar-refractivity contribution is -0.219. The number of allylic oxidation sites excluding steroid dienone is 4. The van der Waals surface area contributed by atoms with Crippen LogP contribution in [0.1, 0.15) is 98.5 Å². The molecule has 9 rings (SSSR count). The van der Waals surface area contributed by atoms with Crippen LogP contribution in [0.4, 0.5) is 14.5 Å². The number of alkyl halides is 1. The number of methoxy groups -OCH3 is 1. The van der Waals surface area contributed by atoms with Crippen molar-refractivity contribution in [2.75, 3.05) is 38.3 Å². The molecule has 0 bridgehead atoms. The van der Waals surface area contributed by atoms with Crippen LogP contribution in [0.25, 0.3) is 10.9 Å². The number of nitrogens with zero attached hydrogens (tertiary/aromatic N) is 2. The van der Waals surface area contributed by atoms with E-state index in [4.69, 9.17) is 14.2 Å². The summed E-state index contributed by atoms with van der Waals surface area (Å²) in [5, 5.41) is 27.3. The van der Waals surface area contributed by atoms with E-state index in [2.05, 4.69) is 5.32 Å². The van der Waals surface area contributed by atoms with Gasteiger partial charge < -0.3 is 39.2 Å². The van der Waals surface area contributed by atoms with Gasteiger partial charge in [0.2, 0.25) is 11.2 Å². The molecule has 9 atom stereocenters. The molecule has 5 aliphatic carbocycles. The van der Waals surface area contributed by atoms with E-state index in [9.17, 15) is 34.2 Å². The third-order valence-electron chi connectivity index (χ3n) is 15.8. The average molecular weight is 884 g/mol. The number of carbonyl (C=O) groups excluding carboxylic acids is 4. The third kappa shape index (κ3) is 6.58. The fourth-order valence-electron chi connectivity index (χ4n) is 12.3. The number of hydrogen-bond acceptors (Lipinski definition) is 12. The molecular formula is C49H55F2N3O10. The first-order valence-corrected chi connectivity index (χ1v) is 22.3. The van der Waals surface area contributed by atoms with Gasteiger partial charge in [0, 0.05) is 54.7 Å². The first-order chi connectivity index (χ1) is 30.4. The zero-order chi connectivity index (χ0) is 45.7. The van der Waals surface area contributed by atoms with Crippen molar-refractivity contribution in [3.05, 3.63) is 93.1 Å². The number of halogens is 2. The van der Waals surface area contributed by atoms with Crippen molar-refractivity contribution < 1.29 is 52.4 Å². The highest BCUT2D eigenvalue weighted by atomic mass is 19.1. The van der Waals surface area contributed by atoms with Gasteiger partial charge in [-0.25, -0.2) is 18.4 Å². The second-order valence-corrected chi connectivity index (χ2v) is 19.4. The zero-order valence-electron chi connectivity index (χ0n) is 36.7. The molecule has 3 N–H and O–H groups in total. The maximum atomic E-state index is 17.6. The molecule has 340 valence electrons. The Labute approximate surface area is 369 Å². The van der Waals surface area contributed by atoms with E-state index < -0.39 is 81.5 Å². The van der Waals surface area contributed by atoms with E-state index in [1.807, 2.05) is 16.4 Å². The predicted molar refractivity (Wildman–Crippen MR) is 231 cm³/mol. The van der Waals surface area contributed by atoms with Gasteiger partial charge in [-0.2, -0.15) is 0 Å². The van der Waals surface area contributed by atoms with Crippen LogP contribution in [0.15, 0.2) is 65.1 Å². The molecule has 1 aromatic heterocycles. The summed E-state index contributed by atoms with van der Waals surface area (Å²) in [6.45, 7) is 7.89. The van der Waals surface area contributed by atoms with Crippen LogP contribution in [0.3, 0.4) is 0 Å². The second kappa shape index (κ2) is 15.7. The first-order valence-electron chi connectivity index (χ1n) is 22.3. The summed E-state index contributed by atoms with van der Waals surface area (Å²) in [6.07, 6.45) is 6.80. The average Bonchev–Trinajstić information content (AvgIpc) is 4.09. The van der Waals surface area contributed by atoms with Crippen molar-refractivity contribution in [2.24, 2.45) is 28.6 Å². The van der Waals surface area contributed by atoms with Crippen LogP contribution in [0.2, 0.25) is 0 Å². The van der Waals surface area contributed by atoms with Crippen molar-refractivity contribution in [3.63, 3.8) is 0 Å². The Hall–Kier alpha value is -5.25. The van der Waals surface area contributed by atoms with E-state index in [0.717, 1.165) is 12.8 Å². The Kier molecular flexibility index (Phi) is 10.8. The number of anilines is 1. The lowest BCUT2D eigenvalue weighted by Gasteiger charge is -2.62. The number of ether oxygens (including phenoxy) is 3. The summed E-state index contributed by atoms with van der Waals surface area (Å²) < 4.78 is 52.1. The van der Waals surface area contributed by atoms with Crippen molar-refractivity contribution in [3.8, 4) is 5.75 Å². The Morgan fingerprint density at radius 3 is 2.44 bits per heavy atom. The Morgan fingerprint density at radius 1 is 1.02 bits per heavy atom. The summed E-state index contributed by atoms with van der Waals surface area (Å²) in [5.41, 5.74) is -5.63. The molecule has 15 heteroatoms. The van der Waals surface area contributed by atoms with Crippen LogP contribution in [-0.4, -0.2) is 95.1 Å². The molecule has 0 radical (unpaired) electrons. The molecule has 13 nitrogen and oxygen atoms in total. The SMILES string of the molecule is COc1c(N2CCNC(C)C2)c(F)cc2c(=O)c(C(=O)OCc3ccc(C(=O)OCC(=O)[C@]4(O)[C@@H](C)C[C@@H]5[C@H]6CCC7=CC(=O)C=C[C@@]7(C)[C@]6(F)[C@H](O)C[C@]54C)cc3)cn(C3CC3)c12. The molecule has 1 aliphatic heterocycles. The van der Waals surface area contributed by atoms with Gasteiger partial charge in [0.25, 0.3) is 0 Å². The van der Waals surface area contributed by atoms with Crippen LogP contribution in [-0.2, 0) is 25.7 Å². The summed E-state index contributed by atoms with van der Waals surface area (Å²) in [5.74, 6) is -4.89. The lowest BCUT2D eigenvalue weighted by atomic mass is 9.44. The minimum Gasteiger partial charge on any atom is -0.492 e. The number of aliphatic hydroxyl groups is 2. The van der Waals surface area contributed by atoms with Gasteiger partial charge in [0.15, 0.2) is 29.6 Å². The number of nitrogens with one attached hydrogen (secondary N) is 1. The van der Waals surface area contributed by atoms with E-state index in [0.29, 0.717) is 55.5 Å². The number of esters is 2. The molecule has 2 heterocycles. The van der Waals surface area contributed by atoms with Crippen LogP contribution >= 0.6 is 0 Å². The molecule has 4 saturated carbocycles. The maximum Gasteiger partial charge on any atom is 0.343 e. The van der Waals surface area contributed by atoms with Gasteiger partial charge in [0.05, 0.1) is 29.7 Å². The molecule has 6 aliphatic rings. The predicted octanol–water partition coefficient (Wildman–Crippen LogP) is 5.71. The van der Waals surface area contributed by atoms with Gasteiger partial charge in [0.1, 0.15) is 23.5 Å². The van der Waals surface area contributed by atoms with Gasteiger partial charge in [-0.15, -0.1) is 0 Å². The van der Waals surface area contributed by atoms with Gasteiger partial charge in [-0.3, -0.25) is 14.4 Å². The zero-order valence-corrected chi connectivity index (χ0v) is 36.7. The van der Waals surface area contributed by atoms with E-state index in [1.54, 1.807) is 26.8 Å². The van der Waals surface area contributed by atoms with E-state index >= 15 is 8.78 Å². The monoisotopic (exact) mass is 883 g/mol. The first kappa shape index (κ1) is 44.0. The van der Waals surface area contributed by atoms with Crippen molar-refractivity contribution in [2.45, 2.75) is 102 Å². The fraction of sp³-hybridized carbons (Fsp3) is 0.531. The molecule has 64 heavy (non-hydrogen) atoms. The number of fused-ring (bicyclic) bond motifs is 6. The number of aliphatic hydroxyl groups excluding tert-OH is 1. The molecule has 5 fully saturated rings. The number of pyridine rings is 1. The Balaban J connectivity index is 0.864. The summed E-state index contributed by atoms with van der Waals surface area (Å²) in [4.78, 5) is 68.7. The number of rotatable bonds is 10. The van der Waals surface area contributed by atoms with E-state index in [1.165, 1.54) is 55.8 Å². The smallest absolute Gasteiger partial charge is 0.343 e. The molecule has 0 spiro atoms. The molecule has 0 amide bonds. The minimum absolute atomic E-state index is 0.0108. The van der Waals surface area contributed by atoms with Crippen LogP contribution < -0.4 is 20.4 Å². The maximum absolute atomic E-state index is 17.6. The number of Topliss-reactive ketones (excluding diaryl/α,β-unsaturated/α-hetero) is 1. The molecule has 1 saturated heterocycles. The molecule has 1 unspecified atom stereocenters. The summed E-state index contributed by atoms with van der Waals surface area (Å²) in [7, 11) is 1.44. The lowest BCUT2D eigenvalue weighted by Crippen LogP contribution is -2.69. The highest BCUT2D eigenvalue weighted by molar-refractivity contribution is 6.01. The number of piperazine rings is 1. The van der Waals surface area contributed by atoms with E-state index in [-0.39, 0.29) is 58.8 Å². The van der Waals surface area contributed by atoms with Crippen molar-refractivity contribution in [1.82, 2.24) is 9.88 Å². The minimum atomic E-state index is -2.12. The topological polar surface area (TPSA) is 174 Å². The van der Waals surface area contributed by atoms with Gasteiger partial charge in [-0.1, -0.05) is 37.6 Å². The Bertz CT molecular complexity index is 2590. The highest BCUT2D eigenvalue weighted by Crippen LogP contribution is 2.70. The normalized spacial score (nSPS) is 33.2.